The maximum absolute atomic E-state index is 12.1. The molecule has 8 nitrogen and oxygen atoms in total. The molecular weight excluding hydrogens is 430 g/mol. The summed E-state index contributed by atoms with van der Waals surface area (Å²) in [5, 5.41) is 3.32. The third-order valence-corrected chi connectivity index (χ3v) is 6.70. The third-order valence-electron chi connectivity index (χ3n) is 6.70. The van der Waals surface area contributed by atoms with Crippen LogP contribution in [-0.4, -0.2) is 34.9 Å². The van der Waals surface area contributed by atoms with Gasteiger partial charge in [-0.1, -0.05) is 0 Å². The molecule has 34 heavy (non-hydrogen) atoms. The molecule has 1 unspecified atom stereocenters. The number of pyridine rings is 2. The number of ether oxygens (including phenoxy) is 1. The van der Waals surface area contributed by atoms with Crippen molar-refractivity contribution in [3.63, 3.8) is 0 Å². The first-order valence-corrected chi connectivity index (χ1v) is 11.7. The number of carbonyl (C=O) groups is 2. The van der Waals surface area contributed by atoms with Crippen LogP contribution in [0.2, 0.25) is 0 Å². The largest absolute Gasteiger partial charge is 0.485 e. The average molecular weight is 456 g/mol. The number of carbonyl (C=O) groups excluding carboxylic acids is 2. The molecule has 0 aliphatic carbocycles. The number of hydrogen-bond donors (Lipinski definition) is 1. The van der Waals surface area contributed by atoms with Gasteiger partial charge < -0.3 is 19.9 Å². The van der Waals surface area contributed by atoms with Gasteiger partial charge in [0.15, 0.2) is 0 Å². The molecule has 2 aromatic heterocycles. The summed E-state index contributed by atoms with van der Waals surface area (Å²) in [6, 6.07) is 9.87. The van der Waals surface area contributed by atoms with E-state index in [9.17, 15) is 9.59 Å². The first-order valence-electron chi connectivity index (χ1n) is 11.7. The Kier molecular flexibility index (Phi) is 4.94. The summed E-state index contributed by atoms with van der Waals surface area (Å²) in [5.74, 6) is 1.75. The molecule has 0 bridgehead atoms. The fraction of sp³-hybridized carbons (Fsp3) is 0.308. The summed E-state index contributed by atoms with van der Waals surface area (Å²) >= 11 is 0. The number of nitrogens with one attached hydrogen (secondary N) is 1. The number of fused-ring (bicyclic) bond motifs is 3. The molecule has 8 heteroatoms. The van der Waals surface area contributed by atoms with E-state index < -0.39 is 0 Å². The number of hydrogen-bond acceptors (Lipinski definition) is 6. The Labute approximate surface area is 197 Å². The number of anilines is 4. The van der Waals surface area contributed by atoms with E-state index >= 15 is 0 Å². The number of benzene rings is 1. The van der Waals surface area contributed by atoms with Gasteiger partial charge in [-0.15, -0.1) is 0 Å². The minimum atomic E-state index is -0.165. The molecule has 1 aromatic carbocycles. The fourth-order valence-corrected chi connectivity index (χ4v) is 4.99. The van der Waals surface area contributed by atoms with Crippen LogP contribution in [0.3, 0.4) is 0 Å². The molecule has 0 radical (unpaired) electrons. The molecule has 2 saturated heterocycles. The number of aromatic nitrogens is 2. The van der Waals surface area contributed by atoms with Crippen molar-refractivity contribution >= 4 is 34.7 Å². The monoisotopic (exact) mass is 455 g/mol. The van der Waals surface area contributed by atoms with Gasteiger partial charge in [0.25, 0.3) is 0 Å². The van der Waals surface area contributed by atoms with E-state index in [4.69, 9.17) is 4.74 Å². The summed E-state index contributed by atoms with van der Waals surface area (Å²) in [4.78, 5) is 36.8. The molecule has 1 N–H and O–H groups in total. The van der Waals surface area contributed by atoms with Crippen LogP contribution >= 0.6 is 0 Å². The molecule has 3 aromatic rings. The van der Waals surface area contributed by atoms with E-state index in [0.29, 0.717) is 18.7 Å². The molecule has 2 amide bonds. The van der Waals surface area contributed by atoms with Gasteiger partial charge in [0.2, 0.25) is 11.8 Å². The minimum Gasteiger partial charge on any atom is -0.485 e. The standard InChI is InChI=1S/C26H25N5O3/c1-16-21-12-24(29-17-10-19(14-27-13-17)31-9-3-5-26(31)33)28-15-22(21)20-7-6-18(11-23(20)34-16)30-8-2-4-25(30)32/h6-7,10-16H,2-5,8-9H2,1H3,(H,28,29). The van der Waals surface area contributed by atoms with Gasteiger partial charge in [-0.2, -0.15) is 0 Å². The average Bonchev–Trinajstić information content (AvgIpc) is 3.47. The summed E-state index contributed by atoms with van der Waals surface area (Å²) in [6.45, 7) is 3.49. The smallest absolute Gasteiger partial charge is 0.227 e. The van der Waals surface area contributed by atoms with Crippen molar-refractivity contribution in [2.24, 2.45) is 0 Å². The Morgan fingerprint density at radius 1 is 0.912 bits per heavy atom. The van der Waals surface area contributed by atoms with Gasteiger partial charge >= 0.3 is 0 Å². The quantitative estimate of drug-likeness (QED) is 0.619. The number of amides is 2. The Morgan fingerprint density at radius 3 is 2.41 bits per heavy atom. The van der Waals surface area contributed by atoms with Gasteiger partial charge in [-0.25, -0.2) is 4.98 Å². The fourth-order valence-electron chi connectivity index (χ4n) is 4.99. The summed E-state index contributed by atoms with van der Waals surface area (Å²) in [5.41, 5.74) is 5.48. The highest BCUT2D eigenvalue weighted by Crippen LogP contribution is 2.44. The molecule has 2 fully saturated rings. The molecule has 5 heterocycles. The highest BCUT2D eigenvalue weighted by molar-refractivity contribution is 5.96. The molecule has 3 aliphatic heterocycles. The first kappa shape index (κ1) is 20.7. The topological polar surface area (TPSA) is 87.7 Å². The van der Waals surface area contributed by atoms with Crippen LogP contribution in [-0.2, 0) is 9.59 Å². The summed E-state index contributed by atoms with van der Waals surface area (Å²) < 4.78 is 6.25. The second kappa shape index (κ2) is 8.13. The molecule has 172 valence electrons. The molecule has 3 aliphatic rings. The van der Waals surface area contributed by atoms with Gasteiger partial charge in [-0.3, -0.25) is 14.6 Å². The van der Waals surface area contributed by atoms with E-state index in [2.05, 4.69) is 15.3 Å². The van der Waals surface area contributed by atoms with Crippen molar-refractivity contribution in [1.82, 2.24) is 9.97 Å². The Balaban J connectivity index is 1.28. The van der Waals surface area contributed by atoms with Gasteiger partial charge in [0.1, 0.15) is 17.7 Å². The van der Waals surface area contributed by atoms with Crippen molar-refractivity contribution < 1.29 is 14.3 Å². The molecule has 1 atom stereocenters. The Morgan fingerprint density at radius 2 is 1.68 bits per heavy atom. The zero-order valence-corrected chi connectivity index (χ0v) is 19.0. The van der Waals surface area contributed by atoms with Crippen molar-refractivity contribution in [2.75, 3.05) is 28.2 Å². The van der Waals surface area contributed by atoms with Crippen molar-refractivity contribution in [3.05, 3.63) is 54.5 Å². The van der Waals surface area contributed by atoms with Crippen LogP contribution in [0.1, 0.15) is 44.3 Å². The van der Waals surface area contributed by atoms with Gasteiger partial charge in [0, 0.05) is 60.6 Å². The van der Waals surface area contributed by atoms with Crippen LogP contribution in [0.25, 0.3) is 11.1 Å². The van der Waals surface area contributed by atoms with Crippen molar-refractivity contribution in [3.8, 4) is 16.9 Å². The molecule has 0 spiro atoms. The maximum Gasteiger partial charge on any atom is 0.227 e. The Bertz CT molecular complexity index is 1310. The summed E-state index contributed by atoms with van der Waals surface area (Å²) in [7, 11) is 0. The lowest BCUT2D eigenvalue weighted by molar-refractivity contribution is -0.117. The van der Waals surface area contributed by atoms with Crippen LogP contribution in [0.4, 0.5) is 22.9 Å². The highest BCUT2D eigenvalue weighted by atomic mass is 16.5. The highest BCUT2D eigenvalue weighted by Gasteiger charge is 2.27. The van der Waals surface area contributed by atoms with Crippen LogP contribution in [0, 0.1) is 0 Å². The molecular formula is C26H25N5O3. The van der Waals surface area contributed by atoms with Crippen molar-refractivity contribution in [2.45, 2.75) is 38.7 Å². The van der Waals surface area contributed by atoms with E-state index in [0.717, 1.165) is 65.4 Å². The van der Waals surface area contributed by atoms with Crippen LogP contribution in [0.5, 0.6) is 5.75 Å². The van der Waals surface area contributed by atoms with E-state index in [1.165, 1.54) is 0 Å². The SMILES string of the molecule is CC1Oc2cc(N3CCCC3=O)ccc2-c2cnc(Nc3cncc(N4CCCC4=O)c3)cc21. The normalized spacial score (nSPS) is 19.1. The van der Waals surface area contributed by atoms with E-state index in [1.54, 1.807) is 17.3 Å². The van der Waals surface area contributed by atoms with E-state index in [-0.39, 0.29) is 17.9 Å². The molecule has 6 rings (SSSR count). The summed E-state index contributed by atoms with van der Waals surface area (Å²) in [6.07, 6.45) is 8.08. The van der Waals surface area contributed by atoms with Crippen LogP contribution < -0.4 is 19.9 Å². The number of nitrogens with zero attached hydrogens (tertiary/aromatic N) is 4. The van der Waals surface area contributed by atoms with Crippen LogP contribution in [0.15, 0.2) is 48.9 Å². The lowest BCUT2D eigenvalue weighted by Gasteiger charge is -2.28. The minimum absolute atomic E-state index is 0.132. The van der Waals surface area contributed by atoms with Gasteiger partial charge in [-0.05, 0) is 44.0 Å². The predicted octanol–water partition coefficient (Wildman–Crippen LogP) is 4.59. The second-order valence-corrected chi connectivity index (χ2v) is 8.95. The first-order chi connectivity index (χ1) is 16.6. The molecule has 0 saturated carbocycles. The van der Waals surface area contributed by atoms with Crippen molar-refractivity contribution in [1.29, 1.82) is 0 Å². The lowest BCUT2D eigenvalue weighted by Crippen LogP contribution is -2.24. The lowest BCUT2D eigenvalue weighted by atomic mass is 9.94. The maximum atomic E-state index is 12.1. The number of rotatable bonds is 4. The third kappa shape index (κ3) is 3.55. The van der Waals surface area contributed by atoms with Gasteiger partial charge in [0.05, 0.1) is 23.8 Å². The van der Waals surface area contributed by atoms with E-state index in [1.807, 2.05) is 48.4 Å². The second-order valence-electron chi connectivity index (χ2n) is 8.95. The predicted molar refractivity (Wildman–Crippen MR) is 129 cm³/mol. The zero-order valence-electron chi connectivity index (χ0n) is 19.0. The Hall–Kier alpha value is -3.94. The zero-order chi connectivity index (χ0) is 23.2.